The molecule has 1 aromatic heterocycles. The van der Waals surface area contributed by atoms with E-state index in [4.69, 9.17) is 0 Å². The monoisotopic (exact) mass is 123 g/mol. The first-order valence-electron chi connectivity index (χ1n) is 2.74. The highest BCUT2D eigenvalue weighted by Gasteiger charge is 2.00. The van der Waals surface area contributed by atoms with Crippen LogP contribution >= 0.6 is 0 Å². The van der Waals surface area contributed by atoms with Crippen molar-refractivity contribution in [2.24, 2.45) is 0 Å². The van der Waals surface area contributed by atoms with Crippen molar-refractivity contribution in [3.8, 4) is 0 Å². The third-order valence-corrected chi connectivity index (χ3v) is 1.01. The highest BCUT2D eigenvalue weighted by molar-refractivity contribution is 5.00. The van der Waals surface area contributed by atoms with Crippen molar-refractivity contribution < 1.29 is 5.11 Å². The second-order valence-electron chi connectivity index (χ2n) is 1.79. The summed E-state index contributed by atoms with van der Waals surface area (Å²) in [5.74, 6) is 0. The standard InChI is InChI=1S/C6H7N2O/c1-5(9)6-3-2-4-7-8-6/h2-5H,1H3. The summed E-state index contributed by atoms with van der Waals surface area (Å²) in [6.07, 6.45) is 0.782. The normalized spacial score (nSPS) is 13.1. The molecule has 0 saturated heterocycles. The first kappa shape index (κ1) is 6.16. The number of hydrogen-bond donors (Lipinski definition) is 0. The predicted molar refractivity (Wildman–Crippen MR) is 31.1 cm³/mol. The molecule has 1 unspecified atom stereocenters. The van der Waals surface area contributed by atoms with Crippen molar-refractivity contribution in [3.05, 3.63) is 24.0 Å². The molecule has 3 nitrogen and oxygen atoms in total. The quantitative estimate of drug-likeness (QED) is 0.558. The van der Waals surface area contributed by atoms with Crippen LogP contribution in [0.15, 0.2) is 18.3 Å². The van der Waals surface area contributed by atoms with Crippen LogP contribution in [0.5, 0.6) is 0 Å². The Labute approximate surface area is 53.4 Å². The topological polar surface area (TPSA) is 45.7 Å². The number of aromatic nitrogens is 2. The fraction of sp³-hybridized carbons (Fsp3) is 0.333. The molecular formula is C6H7N2O. The Morgan fingerprint density at radius 1 is 1.67 bits per heavy atom. The summed E-state index contributed by atoms with van der Waals surface area (Å²) >= 11 is 0. The Kier molecular flexibility index (Phi) is 1.75. The molecule has 0 saturated carbocycles. The fourth-order valence-corrected chi connectivity index (χ4v) is 0.530. The van der Waals surface area contributed by atoms with Crippen LogP contribution in [0.4, 0.5) is 0 Å². The van der Waals surface area contributed by atoms with Crippen molar-refractivity contribution in [2.75, 3.05) is 0 Å². The molecule has 0 bridgehead atoms. The highest BCUT2D eigenvalue weighted by Crippen LogP contribution is 2.05. The van der Waals surface area contributed by atoms with Crippen LogP contribution in [-0.4, -0.2) is 10.2 Å². The van der Waals surface area contributed by atoms with E-state index in [9.17, 15) is 5.11 Å². The third kappa shape index (κ3) is 1.47. The van der Waals surface area contributed by atoms with Gasteiger partial charge in [0, 0.05) is 6.20 Å². The van der Waals surface area contributed by atoms with E-state index in [0.717, 1.165) is 0 Å². The molecule has 1 heterocycles. The molecule has 1 aromatic rings. The van der Waals surface area contributed by atoms with Crippen LogP contribution in [0, 0.1) is 0 Å². The van der Waals surface area contributed by atoms with Crippen molar-refractivity contribution >= 4 is 0 Å². The second kappa shape index (κ2) is 2.55. The molecule has 0 aliphatic carbocycles. The van der Waals surface area contributed by atoms with Crippen LogP contribution in [0.3, 0.4) is 0 Å². The maximum absolute atomic E-state index is 10.6. The third-order valence-electron chi connectivity index (χ3n) is 1.01. The molecule has 3 heteroatoms. The van der Waals surface area contributed by atoms with Gasteiger partial charge < -0.3 is 0 Å². The van der Waals surface area contributed by atoms with Crippen molar-refractivity contribution in [2.45, 2.75) is 13.0 Å². The van der Waals surface area contributed by atoms with Gasteiger partial charge in [-0.1, -0.05) is 0 Å². The van der Waals surface area contributed by atoms with Gasteiger partial charge in [0.25, 0.3) is 0 Å². The fourth-order valence-electron chi connectivity index (χ4n) is 0.530. The van der Waals surface area contributed by atoms with E-state index in [1.54, 1.807) is 25.3 Å². The Bertz CT molecular complexity index is 174. The molecule has 0 N–H and O–H groups in total. The van der Waals surface area contributed by atoms with E-state index in [2.05, 4.69) is 10.2 Å². The summed E-state index contributed by atoms with van der Waals surface area (Å²) in [5.41, 5.74) is 0.498. The van der Waals surface area contributed by atoms with E-state index >= 15 is 0 Å². The van der Waals surface area contributed by atoms with Crippen molar-refractivity contribution in [3.63, 3.8) is 0 Å². The van der Waals surface area contributed by atoms with E-state index in [1.165, 1.54) is 0 Å². The van der Waals surface area contributed by atoms with Gasteiger partial charge in [0.05, 0.1) is 5.69 Å². The van der Waals surface area contributed by atoms with Gasteiger partial charge in [0.15, 0.2) is 0 Å². The molecule has 1 rings (SSSR count). The first-order valence-corrected chi connectivity index (χ1v) is 2.74. The molecule has 0 aliphatic heterocycles. The number of hydrogen-bond acceptors (Lipinski definition) is 2. The minimum atomic E-state index is -0.765. The Balaban J connectivity index is 2.85. The largest absolute Gasteiger partial charge is 0.226 e. The average molecular weight is 123 g/mol. The summed E-state index contributed by atoms with van der Waals surface area (Å²) in [6.45, 7) is 1.55. The van der Waals surface area contributed by atoms with E-state index in [0.29, 0.717) is 5.69 Å². The summed E-state index contributed by atoms with van der Waals surface area (Å²) < 4.78 is 0. The molecule has 47 valence electrons. The molecule has 9 heavy (non-hydrogen) atoms. The predicted octanol–water partition coefficient (Wildman–Crippen LogP) is 0.968. The zero-order valence-electron chi connectivity index (χ0n) is 5.11. The lowest BCUT2D eigenvalue weighted by Gasteiger charge is -1.95. The zero-order chi connectivity index (χ0) is 6.69. The van der Waals surface area contributed by atoms with Gasteiger partial charge in [-0.25, -0.2) is 5.11 Å². The number of rotatable bonds is 1. The minimum Gasteiger partial charge on any atom is -0.226 e. The van der Waals surface area contributed by atoms with Crippen LogP contribution in [0.2, 0.25) is 0 Å². The summed E-state index contributed by atoms with van der Waals surface area (Å²) in [7, 11) is 0. The Hall–Kier alpha value is -0.960. The maximum Gasteiger partial charge on any atom is 0.134 e. The molecule has 0 aromatic carbocycles. The van der Waals surface area contributed by atoms with Gasteiger partial charge in [-0.3, -0.25) is 0 Å². The Morgan fingerprint density at radius 2 is 2.44 bits per heavy atom. The lowest BCUT2D eigenvalue weighted by atomic mass is 10.3. The van der Waals surface area contributed by atoms with Crippen LogP contribution in [-0.2, 0) is 5.11 Å². The van der Waals surface area contributed by atoms with Gasteiger partial charge in [-0.15, -0.1) is 0 Å². The van der Waals surface area contributed by atoms with Crippen LogP contribution in [0.25, 0.3) is 0 Å². The summed E-state index contributed by atoms with van der Waals surface area (Å²) in [5, 5.41) is 17.8. The molecule has 1 radical (unpaired) electrons. The lowest BCUT2D eigenvalue weighted by Crippen LogP contribution is -1.93. The summed E-state index contributed by atoms with van der Waals surface area (Å²) in [6, 6.07) is 3.38. The van der Waals surface area contributed by atoms with Gasteiger partial charge in [-0.2, -0.15) is 10.2 Å². The molecule has 0 amide bonds. The summed E-state index contributed by atoms with van der Waals surface area (Å²) in [4.78, 5) is 0. The molecule has 0 fully saturated rings. The van der Waals surface area contributed by atoms with Gasteiger partial charge >= 0.3 is 0 Å². The SMILES string of the molecule is CC([O])c1cccnn1. The lowest BCUT2D eigenvalue weighted by molar-refractivity contribution is 0.102. The molecule has 0 aliphatic rings. The van der Waals surface area contributed by atoms with E-state index in [-0.39, 0.29) is 0 Å². The van der Waals surface area contributed by atoms with Gasteiger partial charge in [0.2, 0.25) is 0 Å². The van der Waals surface area contributed by atoms with E-state index in [1.807, 2.05) is 0 Å². The maximum atomic E-state index is 10.6. The number of nitrogens with zero attached hydrogens (tertiary/aromatic N) is 2. The Morgan fingerprint density at radius 3 is 2.78 bits per heavy atom. The van der Waals surface area contributed by atoms with Gasteiger partial charge in [-0.05, 0) is 19.1 Å². The minimum absolute atomic E-state index is 0.498. The smallest absolute Gasteiger partial charge is 0.134 e. The molecule has 1 atom stereocenters. The first-order chi connectivity index (χ1) is 4.30. The van der Waals surface area contributed by atoms with Gasteiger partial charge in [0.1, 0.15) is 6.10 Å². The average Bonchev–Trinajstić information content (AvgIpc) is 1.90. The second-order valence-corrected chi connectivity index (χ2v) is 1.79. The highest BCUT2D eigenvalue weighted by atomic mass is 16.3. The molecular weight excluding hydrogens is 116 g/mol. The molecule has 0 spiro atoms. The van der Waals surface area contributed by atoms with Crippen molar-refractivity contribution in [1.29, 1.82) is 0 Å². The van der Waals surface area contributed by atoms with Crippen LogP contribution in [0.1, 0.15) is 18.7 Å². The van der Waals surface area contributed by atoms with Crippen molar-refractivity contribution in [1.82, 2.24) is 10.2 Å². The van der Waals surface area contributed by atoms with Crippen LogP contribution < -0.4 is 0 Å². The van der Waals surface area contributed by atoms with E-state index < -0.39 is 6.10 Å². The zero-order valence-corrected chi connectivity index (χ0v) is 5.11.